The Kier molecular flexibility index (Phi) is 6.49. The summed E-state index contributed by atoms with van der Waals surface area (Å²) in [5.41, 5.74) is 0.630. The summed E-state index contributed by atoms with van der Waals surface area (Å²) in [5, 5.41) is 18.8. The van der Waals surface area contributed by atoms with E-state index in [0.717, 1.165) is 0 Å². The van der Waals surface area contributed by atoms with Gasteiger partial charge in [0.05, 0.1) is 19.8 Å². The molecule has 1 unspecified atom stereocenters. The Hall–Kier alpha value is -1.30. The molecule has 2 N–H and O–H groups in total. The molecule has 1 atom stereocenters. The van der Waals surface area contributed by atoms with Crippen molar-refractivity contribution in [1.82, 2.24) is 0 Å². The first-order valence-corrected chi connectivity index (χ1v) is 5.88. The van der Waals surface area contributed by atoms with E-state index < -0.39 is 6.10 Å². The van der Waals surface area contributed by atoms with Crippen molar-refractivity contribution in [1.29, 1.82) is 0 Å². The number of ether oxygens (including phenoxy) is 3. The van der Waals surface area contributed by atoms with Gasteiger partial charge in [-0.1, -0.05) is 12.1 Å². The van der Waals surface area contributed by atoms with Crippen molar-refractivity contribution in [2.75, 3.05) is 26.9 Å². The Bertz CT molecular complexity index is 353. The molecule has 0 radical (unpaired) electrons. The van der Waals surface area contributed by atoms with Crippen molar-refractivity contribution in [2.45, 2.75) is 19.6 Å². The Morgan fingerprint density at radius 2 is 2.00 bits per heavy atom. The Labute approximate surface area is 107 Å². The molecule has 5 nitrogen and oxygen atoms in total. The maximum Gasteiger partial charge on any atom is 0.166 e. The summed E-state index contributed by atoms with van der Waals surface area (Å²) >= 11 is 0. The van der Waals surface area contributed by atoms with E-state index in [0.29, 0.717) is 23.7 Å². The van der Waals surface area contributed by atoms with E-state index in [1.165, 1.54) is 7.11 Å². The molecule has 18 heavy (non-hydrogen) atoms. The van der Waals surface area contributed by atoms with Crippen LogP contribution in [0.1, 0.15) is 12.5 Å². The summed E-state index contributed by atoms with van der Waals surface area (Å²) in [6.45, 7) is 2.52. The van der Waals surface area contributed by atoms with Gasteiger partial charge in [0.15, 0.2) is 11.5 Å². The van der Waals surface area contributed by atoms with Gasteiger partial charge in [0.1, 0.15) is 12.7 Å². The Morgan fingerprint density at radius 1 is 1.22 bits per heavy atom. The second-order valence-electron chi connectivity index (χ2n) is 3.76. The average Bonchev–Trinajstić information content (AvgIpc) is 2.37. The number of benzene rings is 1. The van der Waals surface area contributed by atoms with Crippen molar-refractivity contribution < 1.29 is 24.4 Å². The molecular weight excluding hydrogens is 236 g/mol. The molecule has 1 aromatic rings. The second-order valence-corrected chi connectivity index (χ2v) is 3.76. The van der Waals surface area contributed by atoms with Crippen molar-refractivity contribution in [3.8, 4) is 11.5 Å². The van der Waals surface area contributed by atoms with E-state index in [1.807, 2.05) is 6.92 Å². The monoisotopic (exact) mass is 256 g/mol. The molecule has 5 heteroatoms. The summed E-state index contributed by atoms with van der Waals surface area (Å²) in [6.07, 6.45) is -0.712. The zero-order chi connectivity index (χ0) is 13.4. The molecule has 0 amide bonds. The third kappa shape index (κ3) is 4.18. The van der Waals surface area contributed by atoms with Crippen molar-refractivity contribution in [2.24, 2.45) is 0 Å². The third-order valence-corrected chi connectivity index (χ3v) is 2.31. The largest absolute Gasteiger partial charge is 0.490 e. The minimum Gasteiger partial charge on any atom is -0.490 e. The maximum absolute atomic E-state index is 9.54. The van der Waals surface area contributed by atoms with E-state index in [9.17, 15) is 10.2 Å². The molecule has 0 aliphatic carbocycles. The molecule has 0 aromatic heterocycles. The van der Waals surface area contributed by atoms with Gasteiger partial charge in [-0.25, -0.2) is 0 Å². The fraction of sp³-hybridized carbons (Fsp3) is 0.538. The van der Waals surface area contributed by atoms with Crippen LogP contribution in [0.4, 0.5) is 0 Å². The van der Waals surface area contributed by atoms with Crippen LogP contribution in [0, 0.1) is 0 Å². The lowest BCUT2D eigenvalue weighted by Crippen LogP contribution is -2.23. The fourth-order valence-corrected chi connectivity index (χ4v) is 1.54. The predicted molar refractivity (Wildman–Crippen MR) is 66.9 cm³/mol. The topological polar surface area (TPSA) is 68.2 Å². The number of methoxy groups -OCH3 is 1. The number of rotatable bonds is 8. The third-order valence-electron chi connectivity index (χ3n) is 2.31. The van der Waals surface area contributed by atoms with Gasteiger partial charge >= 0.3 is 0 Å². The minimum absolute atomic E-state index is 0.0882. The van der Waals surface area contributed by atoms with Gasteiger partial charge in [0.2, 0.25) is 0 Å². The SMILES string of the molecule is CCOc1cccc(CO)c1OCC(O)COC. The molecule has 102 valence electrons. The highest BCUT2D eigenvalue weighted by atomic mass is 16.5. The molecule has 0 saturated carbocycles. The predicted octanol–water partition coefficient (Wildman–Crippen LogP) is 0.964. The highest BCUT2D eigenvalue weighted by Crippen LogP contribution is 2.31. The minimum atomic E-state index is -0.712. The quantitative estimate of drug-likeness (QED) is 0.725. The normalized spacial score (nSPS) is 12.2. The van der Waals surface area contributed by atoms with Crippen LogP contribution in [-0.2, 0) is 11.3 Å². The van der Waals surface area contributed by atoms with Crippen LogP contribution in [0.25, 0.3) is 0 Å². The molecule has 0 fully saturated rings. The fourth-order valence-electron chi connectivity index (χ4n) is 1.54. The summed E-state index contributed by atoms with van der Waals surface area (Å²) < 4.78 is 15.7. The van der Waals surface area contributed by atoms with E-state index >= 15 is 0 Å². The average molecular weight is 256 g/mol. The lowest BCUT2D eigenvalue weighted by molar-refractivity contribution is 0.0312. The van der Waals surface area contributed by atoms with E-state index in [-0.39, 0.29) is 19.8 Å². The molecule has 0 spiro atoms. The number of hydrogen-bond donors (Lipinski definition) is 2. The number of hydrogen-bond acceptors (Lipinski definition) is 5. The Morgan fingerprint density at radius 3 is 2.61 bits per heavy atom. The number of aliphatic hydroxyl groups excluding tert-OH is 2. The summed E-state index contributed by atoms with van der Waals surface area (Å²) in [4.78, 5) is 0. The summed E-state index contributed by atoms with van der Waals surface area (Å²) in [6, 6.07) is 5.30. The molecule has 1 rings (SSSR count). The van der Waals surface area contributed by atoms with Gasteiger partial charge in [-0.2, -0.15) is 0 Å². The first-order valence-electron chi connectivity index (χ1n) is 5.88. The van der Waals surface area contributed by atoms with Crippen LogP contribution in [-0.4, -0.2) is 43.2 Å². The smallest absolute Gasteiger partial charge is 0.166 e. The zero-order valence-electron chi connectivity index (χ0n) is 10.8. The van der Waals surface area contributed by atoms with Gasteiger partial charge in [-0.3, -0.25) is 0 Å². The van der Waals surface area contributed by atoms with Crippen LogP contribution in [0.2, 0.25) is 0 Å². The first kappa shape index (κ1) is 14.8. The van der Waals surface area contributed by atoms with Crippen LogP contribution >= 0.6 is 0 Å². The van der Waals surface area contributed by atoms with Gasteiger partial charge in [0, 0.05) is 12.7 Å². The molecular formula is C13H20O5. The van der Waals surface area contributed by atoms with Crippen LogP contribution in [0.3, 0.4) is 0 Å². The highest BCUT2D eigenvalue weighted by molar-refractivity contribution is 5.46. The first-order chi connectivity index (χ1) is 8.72. The molecule has 0 heterocycles. The molecule has 0 saturated heterocycles. The number of aliphatic hydroxyl groups is 2. The van der Waals surface area contributed by atoms with Crippen LogP contribution < -0.4 is 9.47 Å². The van der Waals surface area contributed by atoms with Gasteiger partial charge in [0.25, 0.3) is 0 Å². The summed E-state index contributed by atoms with van der Waals surface area (Å²) in [5.74, 6) is 1.03. The van der Waals surface area contributed by atoms with E-state index in [1.54, 1.807) is 18.2 Å². The second kappa shape index (κ2) is 7.92. The van der Waals surface area contributed by atoms with Gasteiger partial charge in [-0.15, -0.1) is 0 Å². The van der Waals surface area contributed by atoms with Gasteiger partial charge < -0.3 is 24.4 Å². The summed E-state index contributed by atoms with van der Waals surface area (Å²) in [7, 11) is 1.51. The maximum atomic E-state index is 9.54. The van der Waals surface area contributed by atoms with Crippen molar-refractivity contribution >= 4 is 0 Å². The lowest BCUT2D eigenvalue weighted by atomic mass is 10.2. The molecule has 1 aromatic carbocycles. The lowest BCUT2D eigenvalue weighted by Gasteiger charge is -2.17. The van der Waals surface area contributed by atoms with Gasteiger partial charge in [-0.05, 0) is 13.0 Å². The van der Waals surface area contributed by atoms with E-state index in [4.69, 9.17) is 14.2 Å². The van der Waals surface area contributed by atoms with Crippen LogP contribution in [0.5, 0.6) is 11.5 Å². The molecule has 0 aliphatic heterocycles. The number of para-hydroxylation sites is 1. The Balaban J connectivity index is 2.77. The zero-order valence-corrected chi connectivity index (χ0v) is 10.8. The van der Waals surface area contributed by atoms with Crippen molar-refractivity contribution in [3.63, 3.8) is 0 Å². The highest BCUT2D eigenvalue weighted by Gasteiger charge is 2.12. The molecule has 0 aliphatic rings. The van der Waals surface area contributed by atoms with E-state index in [2.05, 4.69) is 0 Å². The standard InChI is InChI=1S/C13H20O5/c1-3-17-12-6-4-5-10(7-14)13(12)18-9-11(15)8-16-2/h4-6,11,14-15H,3,7-9H2,1-2H3. The molecule has 0 bridgehead atoms. The van der Waals surface area contributed by atoms with Crippen molar-refractivity contribution in [3.05, 3.63) is 23.8 Å². The van der Waals surface area contributed by atoms with Crippen LogP contribution in [0.15, 0.2) is 18.2 Å².